The maximum atomic E-state index is 12.3. The lowest BCUT2D eigenvalue weighted by atomic mass is 9.97. The Balaban J connectivity index is 1.75. The number of ether oxygens (including phenoxy) is 1. The van der Waals surface area contributed by atoms with Crippen LogP contribution in [0.2, 0.25) is 0 Å². The highest BCUT2D eigenvalue weighted by Gasteiger charge is 2.24. The van der Waals surface area contributed by atoms with Gasteiger partial charge in [0.25, 0.3) is 0 Å². The van der Waals surface area contributed by atoms with Crippen molar-refractivity contribution < 1.29 is 9.53 Å². The van der Waals surface area contributed by atoms with Gasteiger partial charge < -0.3 is 9.64 Å². The molecule has 114 valence electrons. The van der Waals surface area contributed by atoms with Crippen molar-refractivity contribution in [1.29, 1.82) is 0 Å². The van der Waals surface area contributed by atoms with Gasteiger partial charge >= 0.3 is 0 Å². The first-order valence-electron chi connectivity index (χ1n) is 7.89. The maximum Gasteiger partial charge on any atom is 0.226 e. The van der Waals surface area contributed by atoms with E-state index in [0.29, 0.717) is 18.4 Å². The van der Waals surface area contributed by atoms with E-state index in [0.717, 1.165) is 45.6 Å². The second-order valence-corrected chi connectivity index (χ2v) is 6.01. The summed E-state index contributed by atoms with van der Waals surface area (Å²) in [6.45, 7) is 6.61. The molecule has 1 heterocycles. The molecule has 1 aliphatic heterocycles. The predicted molar refractivity (Wildman–Crippen MR) is 80.7 cm³/mol. The number of amides is 1. The third-order valence-corrected chi connectivity index (χ3v) is 4.46. The number of piperazine rings is 1. The Morgan fingerprint density at radius 2 is 2.05 bits per heavy atom. The summed E-state index contributed by atoms with van der Waals surface area (Å²) in [6.07, 6.45) is 7.74. The van der Waals surface area contributed by atoms with E-state index in [1.165, 1.54) is 18.4 Å². The fourth-order valence-corrected chi connectivity index (χ4v) is 3.13. The van der Waals surface area contributed by atoms with Crippen LogP contribution in [0.3, 0.4) is 0 Å². The molecule has 4 heteroatoms. The van der Waals surface area contributed by atoms with Crippen molar-refractivity contribution in [3.63, 3.8) is 0 Å². The molecule has 0 aromatic heterocycles. The van der Waals surface area contributed by atoms with Crippen LogP contribution in [-0.2, 0) is 9.53 Å². The number of hydrogen-bond acceptors (Lipinski definition) is 3. The monoisotopic (exact) mass is 280 g/mol. The van der Waals surface area contributed by atoms with Crippen LogP contribution in [-0.4, -0.2) is 61.6 Å². The van der Waals surface area contributed by atoms with Crippen molar-refractivity contribution in [2.45, 2.75) is 45.1 Å². The fraction of sp³-hybridized carbons (Fsp3) is 0.812. The van der Waals surface area contributed by atoms with E-state index in [-0.39, 0.29) is 0 Å². The zero-order chi connectivity index (χ0) is 14.4. The zero-order valence-corrected chi connectivity index (χ0v) is 12.9. The molecule has 0 aromatic carbocycles. The lowest BCUT2D eigenvalue weighted by molar-refractivity contribution is -0.132. The molecular formula is C16H28N2O2. The number of allylic oxidation sites excluding steroid dienone is 1. The summed E-state index contributed by atoms with van der Waals surface area (Å²) in [5, 5.41) is 0. The molecule has 1 amide bonds. The van der Waals surface area contributed by atoms with Crippen molar-refractivity contribution in [1.82, 2.24) is 9.80 Å². The van der Waals surface area contributed by atoms with E-state index < -0.39 is 0 Å². The molecule has 0 unspecified atom stereocenters. The molecule has 0 radical (unpaired) electrons. The Labute approximate surface area is 122 Å². The molecular weight excluding hydrogens is 252 g/mol. The summed E-state index contributed by atoms with van der Waals surface area (Å²) < 4.78 is 5.20. The van der Waals surface area contributed by atoms with Crippen LogP contribution in [0.5, 0.6) is 0 Å². The molecule has 0 aromatic rings. The van der Waals surface area contributed by atoms with Gasteiger partial charge in [0, 0.05) is 45.8 Å². The number of methoxy groups -OCH3 is 1. The maximum absolute atomic E-state index is 12.3. The van der Waals surface area contributed by atoms with Gasteiger partial charge in [-0.3, -0.25) is 9.69 Å². The van der Waals surface area contributed by atoms with E-state index in [2.05, 4.69) is 17.9 Å². The van der Waals surface area contributed by atoms with Gasteiger partial charge in [0.2, 0.25) is 5.91 Å². The Morgan fingerprint density at radius 3 is 2.65 bits per heavy atom. The van der Waals surface area contributed by atoms with E-state index in [9.17, 15) is 4.79 Å². The van der Waals surface area contributed by atoms with Crippen LogP contribution < -0.4 is 0 Å². The number of nitrogens with zero attached hydrogens (tertiary/aromatic N) is 2. The van der Waals surface area contributed by atoms with E-state index >= 15 is 0 Å². The molecule has 1 saturated heterocycles. The highest BCUT2D eigenvalue weighted by Crippen LogP contribution is 2.21. The number of hydrogen-bond donors (Lipinski definition) is 0. The minimum Gasteiger partial charge on any atom is -0.383 e. The summed E-state index contributed by atoms with van der Waals surface area (Å²) in [5.41, 5.74) is 1.36. The predicted octanol–water partition coefficient (Wildman–Crippen LogP) is 2.06. The summed E-state index contributed by atoms with van der Waals surface area (Å²) >= 11 is 0. The average Bonchev–Trinajstić information content (AvgIpc) is 2.48. The SMILES string of the molecule is COC[C@H](C)N1CCN(C(=O)CC2=CCCCC2)CC1. The Kier molecular flexibility index (Phi) is 6.05. The van der Waals surface area contributed by atoms with Crippen molar-refractivity contribution in [2.24, 2.45) is 0 Å². The van der Waals surface area contributed by atoms with Crippen LogP contribution in [0.25, 0.3) is 0 Å². The smallest absolute Gasteiger partial charge is 0.226 e. The molecule has 0 spiro atoms. The highest BCUT2D eigenvalue weighted by atomic mass is 16.5. The van der Waals surface area contributed by atoms with E-state index in [1.54, 1.807) is 7.11 Å². The van der Waals surface area contributed by atoms with Crippen LogP contribution in [0.1, 0.15) is 39.0 Å². The van der Waals surface area contributed by atoms with Gasteiger partial charge in [-0.25, -0.2) is 0 Å². The highest BCUT2D eigenvalue weighted by molar-refractivity contribution is 5.78. The minimum absolute atomic E-state index is 0.317. The number of carbonyl (C=O) groups is 1. The normalized spacial score (nSPS) is 22.5. The third-order valence-electron chi connectivity index (χ3n) is 4.46. The largest absolute Gasteiger partial charge is 0.383 e. The fourth-order valence-electron chi connectivity index (χ4n) is 3.13. The molecule has 0 saturated carbocycles. The van der Waals surface area contributed by atoms with Gasteiger partial charge in [-0.2, -0.15) is 0 Å². The molecule has 4 nitrogen and oxygen atoms in total. The Morgan fingerprint density at radius 1 is 1.30 bits per heavy atom. The quantitative estimate of drug-likeness (QED) is 0.723. The molecule has 1 fully saturated rings. The first-order valence-corrected chi connectivity index (χ1v) is 7.89. The molecule has 1 atom stereocenters. The lowest BCUT2D eigenvalue weighted by Gasteiger charge is -2.38. The summed E-state index contributed by atoms with van der Waals surface area (Å²) in [5.74, 6) is 0.317. The van der Waals surface area contributed by atoms with Gasteiger partial charge in [0.05, 0.1) is 6.61 Å². The zero-order valence-electron chi connectivity index (χ0n) is 12.9. The first kappa shape index (κ1) is 15.5. The topological polar surface area (TPSA) is 32.8 Å². The van der Waals surface area contributed by atoms with Crippen LogP contribution >= 0.6 is 0 Å². The van der Waals surface area contributed by atoms with Crippen LogP contribution in [0.15, 0.2) is 11.6 Å². The summed E-state index contributed by atoms with van der Waals surface area (Å²) in [6, 6.07) is 0.443. The standard InChI is InChI=1S/C16H28N2O2/c1-14(13-20-2)17-8-10-18(11-9-17)16(19)12-15-6-4-3-5-7-15/h6,14H,3-5,7-13H2,1-2H3/t14-/m0/s1. The number of rotatable bonds is 5. The van der Waals surface area contributed by atoms with Crippen LogP contribution in [0.4, 0.5) is 0 Å². The second kappa shape index (κ2) is 7.79. The molecule has 1 aliphatic carbocycles. The van der Waals surface area contributed by atoms with Gasteiger partial charge in [0.1, 0.15) is 0 Å². The van der Waals surface area contributed by atoms with Crippen molar-refractivity contribution >= 4 is 5.91 Å². The van der Waals surface area contributed by atoms with Crippen molar-refractivity contribution in [2.75, 3.05) is 39.9 Å². The van der Waals surface area contributed by atoms with Gasteiger partial charge in [-0.05, 0) is 32.6 Å². The van der Waals surface area contributed by atoms with Crippen molar-refractivity contribution in [3.05, 3.63) is 11.6 Å². The first-order chi connectivity index (χ1) is 9.70. The second-order valence-electron chi connectivity index (χ2n) is 6.01. The Bertz CT molecular complexity index is 346. The molecule has 2 aliphatic rings. The van der Waals surface area contributed by atoms with E-state index in [4.69, 9.17) is 4.74 Å². The third kappa shape index (κ3) is 4.32. The molecule has 0 N–H and O–H groups in total. The minimum atomic E-state index is 0.317. The summed E-state index contributed by atoms with van der Waals surface area (Å²) in [7, 11) is 1.74. The molecule has 0 bridgehead atoms. The average molecular weight is 280 g/mol. The van der Waals surface area contributed by atoms with Gasteiger partial charge in [-0.1, -0.05) is 11.6 Å². The number of carbonyl (C=O) groups excluding carboxylic acids is 1. The van der Waals surface area contributed by atoms with E-state index in [1.807, 2.05) is 4.90 Å². The van der Waals surface area contributed by atoms with Gasteiger partial charge in [0.15, 0.2) is 0 Å². The summed E-state index contributed by atoms with van der Waals surface area (Å²) in [4.78, 5) is 16.8. The molecule has 20 heavy (non-hydrogen) atoms. The Hall–Kier alpha value is -0.870. The van der Waals surface area contributed by atoms with Crippen LogP contribution in [0, 0.1) is 0 Å². The van der Waals surface area contributed by atoms with Gasteiger partial charge in [-0.15, -0.1) is 0 Å². The molecule has 2 rings (SSSR count). The van der Waals surface area contributed by atoms with Crippen molar-refractivity contribution in [3.8, 4) is 0 Å². The lowest BCUT2D eigenvalue weighted by Crippen LogP contribution is -2.52.